The van der Waals surface area contributed by atoms with Crippen molar-refractivity contribution in [2.24, 2.45) is 4.99 Å². The fraction of sp³-hybridized carbons (Fsp3) is 0.364. The number of phenolic OH excluding ortho intramolecular Hbond substituents is 1. The Morgan fingerprint density at radius 3 is 2.61 bits per heavy atom. The topological polar surface area (TPSA) is 118 Å². The molecule has 0 radical (unpaired) electrons. The molecule has 1 aliphatic rings. The highest BCUT2D eigenvalue weighted by atomic mass is 32.1. The fourth-order valence-electron chi connectivity index (χ4n) is 4.94. The third-order valence-corrected chi connectivity index (χ3v) is 7.86. The molecule has 10 nitrogen and oxygen atoms in total. The van der Waals surface area contributed by atoms with E-state index in [1.807, 2.05) is 19.9 Å². The zero-order valence-electron chi connectivity index (χ0n) is 25.7. The normalized spacial score (nSPS) is 14.6. The van der Waals surface area contributed by atoms with E-state index in [1.165, 1.54) is 23.0 Å². The summed E-state index contributed by atoms with van der Waals surface area (Å²) in [5.74, 6) is 0.648. The molecular weight excluding hydrogens is 584 g/mol. The second-order valence-corrected chi connectivity index (χ2v) is 10.9. The number of phenols is 1. The van der Waals surface area contributed by atoms with Crippen LogP contribution in [0.3, 0.4) is 0 Å². The van der Waals surface area contributed by atoms with Crippen LogP contribution >= 0.6 is 11.3 Å². The first-order chi connectivity index (χ1) is 21.3. The summed E-state index contributed by atoms with van der Waals surface area (Å²) in [6.45, 7) is 10.3. The number of nitrogens with zero attached hydrogens (tertiary/aromatic N) is 2. The van der Waals surface area contributed by atoms with Crippen molar-refractivity contribution >= 4 is 23.4 Å². The lowest BCUT2D eigenvalue weighted by atomic mass is 9.94. The maximum Gasteiger partial charge on any atom is 0.338 e. The van der Waals surface area contributed by atoms with E-state index in [2.05, 4.69) is 11.6 Å². The molecule has 234 valence electrons. The third kappa shape index (κ3) is 6.74. The Morgan fingerprint density at radius 2 is 1.93 bits per heavy atom. The lowest BCUT2D eigenvalue weighted by molar-refractivity contribution is -0.140. The Labute approximate surface area is 260 Å². The van der Waals surface area contributed by atoms with E-state index in [0.717, 1.165) is 6.42 Å². The molecule has 1 atom stereocenters. The third-order valence-electron chi connectivity index (χ3n) is 6.87. The molecule has 0 amide bonds. The molecule has 0 saturated carbocycles. The van der Waals surface area contributed by atoms with Gasteiger partial charge in [0.15, 0.2) is 27.8 Å². The van der Waals surface area contributed by atoms with Gasteiger partial charge in [0.25, 0.3) is 5.56 Å². The van der Waals surface area contributed by atoms with Crippen LogP contribution < -0.4 is 29.1 Å². The van der Waals surface area contributed by atoms with Crippen molar-refractivity contribution in [2.45, 2.75) is 39.7 Å². The zero-order valence-corrected chi connectivity index (χ0v) is 26.5. The first-order valence-corrected chi connectivity index (χ1v) is 15.2. The molecule has 1 aliphatic heterocycles. The van der Waals surface area contributed by atoms with Gasteiger partial charge in [0.1, 0.15) is 12.6 Å². The van der Waals surface area contributed by atoms with E-state index in [4.69, 9.17) is 23.7 Å². The van der Waals surface area contributed by atoms with Crippen molar-refractivity contribution in [3.8, 4) is 23.0 Å². The molecule has 2 aromatic carbocycles. The highest BCUT2D eigenvalue weighted by Crippen LogP contribution is 2.41. The Balaban J connectivity index is 1.97. The summed E-state index contributed by atoms with van der Waals surface area (Å²) in [5, 5.41) is 10.7. The second-order valence-electron chi connectivity index (χ2n) is 9.89. The highest BCUT2D eigenvalue weighted by molar-refractivity contribution is 7.07. The van der Waals surface area contributed by atoms with E-state index in [-0.39, 0.29) is 30.1 Å². The number of hydrogen-bond acceptors (Lipinski definition) is 10. The molecule has 0 bridgehead atoms. The van der Waals surface area contributed by atoms with Gasteiger partial charge in [-0.2, -0.15) is 0 Å². The van der Waals surface area contributed by atoms with Gasteiger partial charge in [-0.3, -0.25) is 9.36 Å². The smallest absolute Gasteiger partial charge is 0.338 e. The van der Waals surface area contributed by atoms with Gasteiger partial charge in [-0.05, 0) is 56.5 Å². The molecule has 44 heavy (non-hydrogen) atoms. The molecule has 11 heteroatoms. The van der Waals surface area contributed by atoms with Crippen molar-refractivity contribution in [3.63, 3.8) is 0 Å². The molecule has 2 heterocycles. The summed E-state index contributed by atoms with van der Waals surface area (Å²) in [7, 11) is 3.06. The summed E-state index contributed by atoms with van der Waals surface area (Å²) >= 11 is 1.20. The van der Waals surface area contributed by atoms with Crippen LogP contribution in [-0.4, -0.2) is 56.3 Å². The summed E-state index contributed by atoms with van der Waals surface area (Å²) in [6.07, 6.45) is 4.57. The van der Waals surface area contributed by atoms with Crippen molar-refractivity contribution in [1.29, 1.82) is 0 Å². The van der Waals surface area contributed by atoms with Crippen molar-refractivity contribution in [3.05, 3.63) is 90.6 Å². The van der Waals surface area contributed by atoms with E-state index >= 15 is 0 Å². The van der Waals surface area contributed by atoms with E-state index in [1.54, 1.807) is 50.5 Å². The van der Waals surface area contributed by atoms with Gasteiger partial charge in [0.05, 0.1) is 42.7 Å². The predicted octanol–water partition coefficient (Wildman–Crippen LogP) is 4.06. The molecule has 0 saturated heterocycles. The van der Waals surface area contributed by atoms with Crippen LogP contribution in [0.15, 0.2) is 64.0 Å². The first-order valence-electron chi connectivity index (χ1n) is 14.4. The van der Waals surface area contributed by atoms with Crippen LogP contribution in [0.1, 0.15) is 49.9 Å². The average molecular weight is 623 g/mol. The predicted molar refractivity (Wildman–Crippen MR) is 169 cm³/mol. The molecule has 3 aromatic rings. The number of aromatic hydroxyl groups is 1. The Morgan fingerprint density at radius 1 is 1.14 bits per heavy atom. The van der Waals surface area contributed by atoms with Crippen LogP contribution in [0.2, 0.25) is 0 Å². The molecule has 0 unspecified atom stereocenters. The van der Waals surface area contributed by atoms with Crippen LogP contribution in [0.4, 0.5) is 0 Å². The average Bonchev–Trinajstić information content (AvgIpc) is 3.31. The van der Waals surface area contributed by atoms with Gasteiger partial charge in [-0.25, -0.2) is 9.79 Å². The molecule has 0 aliphatic carbocycles. The Bertz CT molecular complexity index is 1740. The second kappa shape index (κ2) is 14.9. The minimum Gasteiger partial charge on any atom is -0.504 e. The van der Waals surface area contributed by atoms with Crippen molar-refractivity contribution in [1.82, 2.24) is 4.57 Å². The lowest BCUT2D eigenvalue weighted by Crippen LogP contribution is -2.40. The van der Waals surface area contributed by atoms with E-state index < -0.39 is 12.0 Å². The maximum atomic E-state index is 14.2. The molecule has 1 N–H and O–H groups in total. The quantitative estimate of drug-likeness (QED) is 0.163. The maximum absolute atomic E-state index is 14.2. The van der Waals surface area contributed by atoms with Gasteiger partial charge >= 0.3 is 5.97 Å². The highest BCUT2D eigenvalue weighted by Gasteiger charge is 2.36. The Hall–Kier alpha value is -4.35. The van der Waals surface area contributed by atoms with Crippen molar-refractivity contribution in [2.75, 3.05) is 40.6 Å². The number of ether oxygens (including phenoxy) is 5. The monoisotopic (exact) mass is 622 g/mol. The number of carbonyl (C=O) groups is 1. The van der Waals surface area contributed by atoms with Crippen LogP contribution in [0.25, 0.3) is 6.08 Å². The Kier molecular flexibility index (Phi) is 11.0. The summed E-state index contributed by atoms with van der Waals surface area (Å²) in [6, 6.07) is 7.94. The summed E-state index contributed by atoms with van der Waals surface area (Å²) < 4.78 is 29.9. The minimum atomic E-state index is -0.902. The van der Waals surface area contributed by atoms with Crippen LogP contribution in [0, 0.1) is 0 Å². The van der Waals surface area contributed by atoms with Gasteiger partial charge < -0.3 is 28.8 Å². The van der Waals surface area contributed by atoms with Crippen LogP contribution in [0.5, 0.6) is 23.0 Å². The lowest BCUT2D eigenvalue weighted by Gasteiger charge is -2.27. The van der Waals surface area contributed by atoms with Gasteiger partial charge in [0, 0.05) is 18.2 Å². The van der Waals surface area contributed by atoms with Gasteiger partial charge in [0.2, 0.25) is 0 Å². The molecule has 4 rings (SSSR count). The van der Waals surface area contributed by atoms with Crippen LogP contribution in [-0.2, 0) is 20.7 Å². The number of carbonyl (C=O) groups excluding carboxylic acids is 1. The molecule has 1 aromatic heterocycles. The number of allylic oxidation sites excluding steroid dienone is 2. The summed E-state index contributed by atoms with van der Waals surface area (Å²) in [4.78, 5) is 32.9. The van der Waals surface area contributed by atoms with Crippen molar-refractivity contribution < 1.29 is 33.6 Å². The largest absolute Gasteiger partial charge is 0.504 e. The number of para-hydroxylation sites is 1. The SMILES string of the molecule is C=CCc1cc(/C=c2/sc3n(c2=O)[C@H](c2cccc(OC)c2OCCC)C(C(=O)OCCOC)=C(C)N=3)cc(OCC)c1O. The summed E-state index contributed by atoms with van der Waals surface area (Å²) in [5.41, 5.74) is 2.13. The zero-order chi connectivity index (χ0) is 31.8. The number of hydrogen-bond donors (Lipinski definition) is 1. The van der Waals surface area contributed by atoms with E-state index in [9.17, 15) is 14.7 Å². The fourth-order valence-corrected chi connectivity index (χ4v) is 5.99. The van der Waals surface area contributed by atoms with E-state index in [0.29, 0.717) is 68.6 Å². The number of thiazole rings is 1. The molecular formula is C33H38N2O8S. The minimum absolute atomic E-state index is 0.0373. The number of methoxy groups -OCH3 is 2. The number of rotatable bonds is 14. The first kappa shape index (κ1) is 32.6. The number of fused-ring (bicyclic) bond motifs is 1. The molecule has 0 fully saturated rings. The number of aromatic nitrogens is 1. The standard InChI is InChI=1S/C33H38N2O8S/c1-7-11-22-17-21(18-25(29(22)36)41-9-3)19-26-31(37)35-28(23-12-10-13-24(40-6)30(23)42-14-8-2)27(20(4)34-33(35)44-26)32(38)43-16-15-39-5/h7,10,12-13,17-19,28,36H,1,8-9,11,14-16H2,2-6H3/b26-19+/t28-/m1/s1. The van der Waals surface area contributed by atoms with Gasteiger partial charge in [-0.15, -0.1) is 6.58 Å². The molecule has 0 spiro atoms. The van der Waals surface area contributed by atoms with Gasteiger partial charge in [-0.1, -0.05) is 36.5 Å². The number of esters is 1. The number of benzene rings is 2.